The van der Waals surface area contributed by atoms with Gasteiger partial charge >= 0.3 is 5.97 Å². The summed E-state index contributed by atoms with van der Waals surface area (Å²) in [5.74, 6) is -0.153. The highest BCUT2D eigenvalue weighted by Crippen LogP contribution is 2.35. The number of carbonyl (C=O) groups is 2. The van der Waals surface area contributed by atoms with Crippen molar-refractivity contribution in [2.45, 2.75) is 51.6 Å². The second kappa shape index (κ2) is 7.31. The zero-order chi connectivity index (χ0) is 13.5. The van der Waals surface area contributed by atoms with Gasteiger partial charge in [-0.2, -0.15) is 0 Å². The Kier molecular flexibility index (Phi) is 6.05. The molecule has 0 aliphatic heterocycles. The predicted octanol–water partition coefficient (Wildman–Crippen LogP) is 2.16. The lowest BCUT2D eigenvalue weighted by Crippen LogP contribution is -2.14. The molecule has 4 heteroatoms. The zero-order valence-corrected chi connectivity index (χ0v) is 10.8. The van der Waals surface area contributed by atoms with E-state index in [1.54, 1.807) is 13.0 Å². The Morgan fingerprint density at radius 3 is 2.89 bits per heavy atom. The molecule has 1 unspecified atom stereocenters. The standard InChI is InChI=1S/C14H22O4/c1-10(15)4-2-6-12-11(8-9-13(12)16)5-3-7-14(17)18/h2,4,10-12,15H,3,5-9H2,1H3,(H,17,18)/b4-2-/t10?,11-,12-/m1/s1. The summed E-state index contributed by atoms with van der Waals surface area (Å²) < 4.78 is 0. The van der Waals surface area contributed by atoms with Crippen molar-refractivity contribution in [1.29, 1.82) is 0 Å². The van der Waals surface area contributed by atoms with E-state index in [0.717, 1.165) is 12.8 Å². The average molecular weight is 254 g/mol. The maximum Gasteiger partial charge on any atom is 0.303 e. The lowest BCUT2D eigenvalue weighted by Gasteiger charge is -2.16. The van der Waals surface area contributed by atoms with Crippen LogP contribution >= 0.6 is 0 Å². The molecular formula is C14H22O4. The second-order valence-electron chi connectivity index (χ2n) is 5.06. The number of hydrogen-bond acceptors (Lipinski definition) is 3. The Morgan fingerprint density at radius 1 is 1.56 bits per heavy atom. The van der Waals surface area contributed by atoms with E-state index in [0.29, 0.717) is 25.2 Å². The van der Waals surface area contributed by atoms with Gasteiger partial charge in [-0.1, -0.05) is 12.2 Å². The van der Waals surface area contributed by atoms with E-state index in [4.69, 9.17) is 10.2 Å². The molecule has 0 radical (unpaired) electrons. The fourth-order valence-corrected chi connectivity index (χ4v) is 2.58. The number of rotatable bonds is 7. The molecule has 0 bridgehead atoms. The highest BCUT2D eigenvalue weighted by Gasteiger charge is 2.33. The number of ketones is 1. The molecule has 102 valence electrons. The summed E-state index contributed by atoms with van der Waals surface area (Å²) in [5.41, 5.74) is 0. The second-order valence-corrected chi connectivity index (χ2v) is 5.06. The molecule has 18 heavy (non-hydrogen) atoms. The number of aliphatic hydroxyl groups excluding tert-OH is 1. The maximum atomic E-state index is 11.7. The van der Waals surface area contributed by atoms with Crippen LogP contribution in [0.4, 0.5) is 0 Å². The lowest BCUT2D eigenvalue weighted by molar-refractivity contribution is -0.137. The van der Waals surface area contributed by atoms with Crippen molar-refractivity contribution < 1.29 is 19.8 Å². The Morgan fingerprint density at radius 2 is 2.28 bits per heavy atom. The van der Waals surface area contributed by atoms with Crippen LogP contribution in [0.1, 0.15) is 45.4 Å². The first-order valence-electron chi connectivity index (χ1n) is 6.60. The molecule has 0 spiro atoms. The van der Waals surface area contributed by atoms with Crippen molar-refractivity contribution in [3.05, 3.63) is 12.2 Å². The fourth-order valence-electron chi connectivity index (χ4n) is 2.58. The average Bonchev–Trinajstić information content (AvgIpc) is 2.60. The molecule has 0 amide bonds. The van der Waals surface area contributed by atoms with Crippen molar-refractivity contribution in [1.82, 2.24) is 0 Å². The zero-order valence-electron chi connectivity index (χ0n) is 10.8. The largest absolute Gasteiger partial charge is 0.481 e. The topological polar surface area (TPSA) is 74.6 Å². The van der Waals surface area contributed by atoms with Crippen LogP contribution in [0, 0.1) is 11.8 Å². The first kappa shape index (κ1) is 14.9. The van der Waals surface area contributed by atoms with E-state index >= 15 is 0 Å². The van der Waals surface area contributed by atoms with Crippen LogP contribution in [0.15, 0.2) is 12.2 Å². The molecule has 2 N–H and O–H groups in total. The first-order chi connectivity index (χ1) is 8.50. The van der Waals surface area contributed by atoms with Crippen LogP contribution in [0.25, 0.3) is 0 Å². The Hall–Kier alpha value is -1.16. The summed E-state index contributed by atoms with van der Waals surface area (Å²) >= 11 is 0. The number of carboxylic acids is 1. The van der Waals surface area contributed by atoms with Gasteiger partial charge in [-0.25, -0.2) is 0 Å². The van der Waals surface area contributed by atoms with Gasteiger partial charge in [0.1, 0.15) is 5.78 Å². The number of allylic oxidation sites excluding steroid dienone is 1. The third-order valence-corrected chi connectivity index (χ3v) is 3.51. The molecule has 0 aromatic heterocycles. The van der Waals surface area contributed by atoms with Gasteiger partial charge in [0.25, 0.3) is 0 Å². The SMILES string of the molecule is CC(O)/C=C\C[C@H]1C(=O)CC[C@H]1CCCC(=O)O. The molecule has 1 aliphatic rings. The minimum absolute atomic E-state index is 0.0220. The molecule has 3 atom stereocenters. The number of carbonyl (C=O) groups excluding carboxylic acids is 1. The highest BCUT2D eigenvalue weighted by molar-refractivity contribution is 5.83. The van der Waals surface area contributed by atoms with Crippen LogP contribution in [0.5, 0.6) is 0 Å². The van der Waals surface area contributed by atoms with Crippen molar-refractivity contribution in [2.75, 3.05) is 0 Å². The van der Waals surface area contributed by atoms with Gasteiger partial charge in [-0.15, -0.1) is 0 Å². The van der Waals surface area contributed by atoms with Crippen LogP contribution in [-0.2, 0) is 9.59 Å². The van der Waals surface area contributed by atoms with E-state index in [-0.39, 0.29) is 18.1 Å². The smallest absolute Gasteiger partial charge is 0.303 e. The van der Waals surface area contributed by atoms with Crippen molar-refractivity contribution in [3.63, 3.8) is 0 Å². The predicted molar refractivity (Wildman–Crippen MR) is 68.1 cm³/mol. The maximum absolute atomic E-state index is 11.7. The summed E-state index contributed by atoms with van der Waals surface area (Å²) in [6, 6.07) is 0. The van der Waals surface area contributed by atoms with E-state index in [1.807, 2.05) is 6.08 Å². The number of hydrogen-bond donors (Lipinski definition) is 2. The van der Waals surface area contributed by atoms with Gasteiger partial charge in [0, 0.05) is 18.8 Å². The van der Waals surface area contributed by atoms with Gasteiger partial charge < -0.3 is 10.2 Å². The van der Waals surface area contributed by atoms with Gasteiger partial charge in [-0.3, -0.25) is 9.59 Å². The van der Waals surface area contributed by atoms with E-state index in [9.17, 15) is 9.59 Å². The molecule has 1 rings (SSSR count). The number of aliphatic carboxylic acids is 1. The third kappa shape index (κ3) is 5.00. The Bertz CT molecular complexity index is 320. The molecule has 1 saturated carbocycles. The van der Waals surface area contributed by atoms with Crippen molar-refractivity contribution in [2.24, 2.45) is 11.8 Å². The molecule has 0 aromatic rings. The number of carboxylic acid groups (broad SMARTS) is 1. The monoisotopic (exact) mass is 254 g/mol. The van der Waals surface area contributed by atoms with Crippen molar-refractivity contribution >= 4 is 11.8 Å². The summed E-state index contributed by atoms with van der Waals surface area (Å²) in [7, 11) is 0. The quantitative estimate of drug-likeness (QED) is 0.683. The normalized spacial score (nSPS) is 25.8. The van der Waals surface area contributed by atoms with E-state index < -0.39 is 12.1 Å². The van der Waals surface area contributed by atoms with Gasteiger partial charge in [0.05, 0.1) is 6.10 Å². The minimum atomic E-state index is -0.773. The third-order valence-electron chi connectivity index (χ3n) is 3.51. The number of Topliss-reactive ketones (excluding diaryl/α,β-unsaturated/α-hetero) is 1. The summed E-state index contributed by atoms with van der Waals surface area (Å²) in [4.78, 5) is 22.2. The van der Waals surface area contributed by atoms with Crippen molar-refractivity contribution in [3.8, 4) is 0 Å². The van der Waals surface area contributed by atoms with E-state index in [2.05, 4.69) is 0 Å². The van der Waals surface area contributed by atoms with Crippen LogP contribution in [0.2, 0.25) is 0 Å². The van der Waals surface area contributed by atoms with Gasteiger partial charge in [-0.05, 0) is 38.5 Å². The van der Waals surface area contributed by atoms with Crippen LogP contribution < -0.4 is 0 Å². The highest BCUT2D eigenvalue weighted by atomic mass is 16.4. The molecule has 0 heterocycles. The molecule has 4 nitrogen and oxygen atoms in total. The molecule has 0 saturated heterocycles. The van der Waals surface area contributed by atoms with Crippen LogP contribution in [0.3, 0.4) is 0 Å². The molecular weight excluding hydrogens is 232 g/mol. The molecule has 1 fully saturated rings. The fraction of sp³-hybridized carbons (Fsp3) is 0.714. The van der Waals surface area contributed by atoms with Gasteiger partial charge in [0.2, 0.25) is 0 Å². The number of aliphatic hydroxyl groups is 1. The Balaban J connectivity index is 2.41. The minimum Gasteiger partial charge on any atom is -0.481 e. The summed E-state index contributed by atoms with van der Waals surface area (Å²) in [6.07, 6.45) is 6.88. The first-order valence-corrected chi connectivity index (χ1v) is 6.60. The Labute approximate surface area is 108 Å². The van der Waals surface area contributed by atoms with Crippen LogP contribution in [-0.4, -0.2) is 28.1 Å². The van der Waals surface area contributed by atoms with E-state index in [1.165, 1.54) is 0 Å². The molecule has 1 aliphatic carbocycles. The summed E-state index contributed by atoms with van der Waals surface area (Å²) in [6.45, 7) is 1.68. The summed E-state index contributed by atoms with van der Waals surface area (Å²) in [5, 5.41) is 17.7. The molecule has 0 aromatic carbocycles. The lowest BCUT2D eigenvalue weighted by atomic mass is 9.88. The van der Waals surface area contributed by atoms with Gasteiger partial charge in [0.15, 0.2) is 0 Å².